The molecule has 0 saturated carbocycles. The van der Waals surface area contributed by atoms with Gasteiger partial charge in [-0.3, -0.25) is 4.79 Å². The van der Waals surface area contributed by atoms with Gasteiger partial charge in [-0.25, -0.2) is 9.97 Å². The van der Waals surface area contributed by atoms with Gasteiger partial charge in [0.1, 0.15) is 16.6 Å². The Kier molecular flexibility index (Phi) is 7.82. The fourth-order valence-electron chi connectivity index (χ4n) is 4.03. The van der Waals surface area contributed by atoms with Gasteiger partial charge in [0, 0.05) is 24.3 Å². The maximum absolute atomic E-state index is 12.0. The van der Waals surface area contributed by atoms with Crippen LogP contribution in [0.4, 0.5) is 0 Å². The number of ether oxygens (including phenoxy) is 2. The van der Waals surface area contributed by atoms with E-state index in [9.17, 15) is 10.1 Å². The lowest BCUT2D eigenvalue weighted by molar-refractivity contribution is -0.164. The van der Waals surface area contributed by atoms with Crippen molar-refractivity contribution >= 4 is 50.7 Å². The molecule has 0 N–H and O–H groups in total. The Morgan fingerprint density at radius 1 is 1.11 bits per heavy atom. The average molecular weight is 518 g/mol. The fraction of sp³-hybridized carbons (Fsp3) is 0.286. The molecular weight excluding hydrogens is 490 g/mol. The van der Waals surface area contributed by atoms with Gasteiger partial charge in [0.2, 0.25) is 6.29 Å². The van der Waals surface area contributed by atoms with E-state index in [2.05, 4.69) is 42.2 Å². The standard InChI is InChI=1S/C28H27N3O3S2/c1-6-9-24(32)33-19(5)34-26(27-17(3)30-18(4)36-27)22(14-29)28-31-23(15-35-28)25-16(2)12-13-20-10-7-8-11-21(20)25/h7-8,10-13,15,19H,6,9H2,1-5H3. The summed E-state index contributed by atoms with van der Waals surface area (Å²) < 4.78 is 11.5. The Balaban J connectivity index is 1.81. The smallest absolute Gasteiger partial charge is 0.308 e. The number of benzene rings is 2. The van der Waals surface area contributed by atoms with Gasteiger partial charge in [-0.1, -0.05) is 43.3 Å². The van der Waals surface area contributed by atoms with Crippen LogP contribution in [0.2, 0.25) is 0 Å². The minimum absolute atomic E-state index is 0.286. The summed E-state index contributed by atoms with van der Waals surface area (Å²) in [5.41, 5.74) is 3.98. The van der Waals surface area contributed by atoms with E-state index in [0.29, 0.717) is 23.6 Å². The summed E-state index contributed by atoms with van der Waals surface area (Å²) >= 11 is 2.81. The molecule has 2 aromatic heterocycles. The lowest BCUT2D eigenvalue weighted by Gasteiger charge is -2.18. The molecule has 0 aliphatic heterocycles. The van der Waals surface area contributed by atoms with Gasteiger partial charge < -0.3 is 9.47 Å². The zero-order valence-electron chi connectivity index (χ0n) is 20.9. The topological polar surface area (TPSA) is 85.1 Å². The van der Waals surface area contributed by atoms with E-state index in [-0.39, 0.29) is 11.5 Å². The zero-order valence-corrected chi connectivity index (χ0v) is 22.5. The number of allylic oxidation sites excluding steroid dienone is 1. The molecule has 0 aliphatic carbocycles. The molecule has 0 aliphatic rings. The molecule has 0 fully saturated rings. The van der Waals surface area contributed by atoms with Crippen LogP contribution in [0.1, 0.15) is 52.8 Å². The molecule has 2 heterocycles. The number of aromatic nitrogens is 2. The second-order valence-electron chi connectivity index (χ2n) is 8.41. The molecule has 0 bridgehead atoms. The van der Waals surface area contributed by atoms with Crippen LogP contribution >= 0.6 is 22.7 Å². The van der Waals surface area contributed by atoms with E-state index in [1.165, 1.54) is 22.7 Å². The SMILES string of the molecule is CCCC(=O)OC(C)OC(=C(C#N)c1nc(-c2c(C)ccc3ccccc23)cs1)c1sc(C)nc1C. The van der Waals surface area contributed by atoms with Crippen molar-refractivity contribution in [3.63, 3.8) is 0 Å². The molecular formula is C28H27N3O3S2. The second-order valence-corrected chi connectivity index (χ2v) is 10.5. The van der Waals surface area contributed by atoms with Gasteiger partial charge in [0.25, 0.3) is 0 Å². The Morgan fingerprint density at radius 3 is 2.58 bits per heavy atom. The Labute approximate surface area is 218 Å². The van der Waals surface area contributed by atoms with Gasteiger partial charge in [-0.15, -0.1) is 22.7 Å². The lowest BCUT2D eigenvalue weighted by atomic mass is 9.98. The first-order valence-corrected chi connectivity index (χ1v) is 13.4. The Hall–Kier alpha value is -3.54. The molecule has 184 valence electrons. The first-order valence-electron chi connectivity index (χ1n) is 11.7. The van der Waals surface area contributed by atoms with Crippen molar-refractivity contribution in [3.05, 3.63) is 67.9 Å². The molecule has 8 heteroatoms. The first kappa shape index (κ1) is 25.5. The summed E-state index contributed by atoms with van der Waals surface area (Å²) in [6.07, 6.45) is 0.112. The van der Waals surface area contributed by atoms with Gasteiger partial charge in [-0.2, -0.15) is 5.26 Å². The van der Waals surface area contributed by atoms with Crippen LogP contribution < -0.4 is 0 Å². The minimum atomic E-state index is -0.871. The number of aryl methyl sites for hydroxylation is 3. The normalized spacial score (nSPS) is 12.7. The molecule has 4 rings (SSSR count). The van der Waals surface area contributed by atoms with Crippen molar-refractivity contribution in [2.24, 2.45) is 0 Å². The summed E-state index contributed by atoms with van der Waals surface area (Å²) in [5, 5.41) is 15.8. The van der Waals surface area contributed by atoms with E-state index in [1.807, 2.05) is 38.3 Å². The quantitative estimate of drug-likeness (QED) is 0.104. The molecule has 2 aromatic carbocycles. The number of rotatable bonds is 8. The molecule has 0 spiro atoms. The Bertz CT molecular complexity index is 1490. The predicted molar refractivity (Wildman–Crippen MR) is 145 cm³/mol. The van der Waals surface area contributed by atoms with Crippen molar-refractivity contribution < 1.29 is 14.3 Å². The van der Waals surface area contributed by atoms with Gasteiger partial charge in [0.15, 0.2) is 5.76 Å². The van der Waals surface area contributed by atoms with Crippen molar-refractivity contribution in [2.45, 2.75) is 53.8 Å². The summed E-state index contributed by atoms with van der Waals surface area (Å²) in [4.78, 5) is 22.2. The molecule has 0 radical (unpaired) electrons. The van der Waals surface area contributed by atoms with Crippen LogP contribution in [0.25, 0.3) is 33.4 Å². The highest BCUT2D eigenvalue weighted by Crippen LogP contribution is 2.38. The maximum Gasteiger partial charge on any atom is 0.308 e. The third kappa shape index (κ3) is 5.32. The van der Waals surface area contributed by atoms with Crippen molar-refractivity contribution in [2.75, 3.05) is 0 Å². The number of thiazole rings is 2. The summed E-state index contributed by atoms with van der Waals surface area (Å²) in [6, 6.07) is 14.7. The number of hydrogen-bond acceptors (Lipinski definition) is 8. The highest BCUT2D eigenvalue weighted by atomic mass is 32.1. The van der Waals surface area contributed by atoms with Crippen molar-refractivity contribution in [3.8, 4) is 17.3 Å². The third-order valence-corrected chi connectivity index (χ3v) is 7.53. The van der Waals surface area contributed by atoms with Crippen molar-refractivity contribution in [1.82, 2.24) is 9.97 Å². The fourth-order valence-corrected chi connectivity index (χ4v) is 5.74. The van der Waals surface area contributed by atoms with Crippen LogP contribution in [0.15, 0.2) is 41.8 Å². The van der Waals surface area contributed by atoms with Crippen LogP contribution in [-0.2, 0) is 14.3 Å². The number of hydrogen-bond donors (Lipinski definition) is 0. The molecule has 6 nitrogen and oxygen atoms in total. The molecule has 36 heavy (non-hydrogen) atoms. The molecule has 4 aromatic rings. The predicted octanol–water partition coefficient (Wildman–Crippen LogP) is 7.44. The highest BCUT2D eigenvalue weighted by molar-refractivity contribution is 7.13. The number of nitriles is 1. The van der Waals surface area contributed by atoms with Crippen LogP contribution in [0, 0.1) is 32.1 Å². The van der Waals surface area contributed by atoms with Gasteiger partial charge >= 0.3 is 5.97 Å². The van der Waals surface area contributed by atoms with E-state index in [0.717, 1.165) is 43.2 Å². The number of fused-ring (bicyclic) bond motifs is 1. The highest BCUT2D eigenvalue weighted by Gasteiger charge is 2.24. The van der Waals surface area contributed by atoms with E-state index in [1.54, 1.807) is 6.92 Å². The summed E-state index contributed by atoms with van der Waals surface area (Å²) in [5.74, 6) is -0.0176. The summed E-state index contributed by atoms with van der Waals surface area (Å²) in [6.45, 7) is 9.40. The van der Waals surface area contributed by atoms with Crippen LogP contribution in [-0.4, -0.2) is 22.2 Å². The number of nitrogens with zero attached hydrogens (tertiary/aromatic N) is 3. The van der Waals surface area contributed by atoms with E-state index in [4.69, 9.17) is 14.5 Å². The van der Waals surface area contributed by atoms with Crippen LogP contribution in [0.3, 0.4) is 0 Å². The maximum atomic E-state index is 12.0. The molecule has 1 atom stereocenters. The monoisotopic (exact) mass is 517 g/mol. The van der Waals surface area contributed by atoms with Gasteiger partial charge in [-0.05, 0) is 43.5 Å². The number of carbonyl (C=O) groups is 1. The van der Waals surface area contributed by atoms with E-state index < -0.39 is 6.29 Å². The van der Waals surface area contributed by atoms with Crippen LogP contribution in [0.5, 0.6) is 0 Å². The Morgan fingerprint density at radius 2 is 1.89 bits per heavy atom. The molecule has 1 unspecified atom stereocenters. The second kappa shape index (κ2) is 11.0. The zero-order chi connectivity index (χ0) is 25.8. The minimum Gasteiger partial charge on any atom is -0.452 e. The van der Waals surface area contributed by atoms with Crippen molar-refractivity contribution in [1.29, 1.82) is 5.26 Å². The molecule has 0 amide bonds. The molecule has 0 saturated heterocycles. The third-order valence-electron chi connectivity index (χ3n) is 5.60. The van der Waals surface area contributed by atoms with Gasteiger partial charge in [0.05, 0.1) is 21.3 Å². The first-order chi connectivity index (χ1) is 17.3. The number of carbonyl (C=O) groups excluding carboxylic acids is 1. The number of esters is 1. The largest absolute Gasteiger partial charge is 0.452 e. The summed E-state index contributed by atoms with van der Waals surface area (Å²) in [7, 11) is 0. The average Bonchev–Trinajstić information content (AvgIpc) is 3.44. The van der Waals surface area contributed by atoms with E-state index >= 15 is 0 Å². The lowest BCUT2D eigenvalue weighted by Crippen LogP contribution is -2.18.